The Hall–Kier alpha value is -2.81. The number of carbonyl (C=O) groups is 1. The van der Waals surface area contributed by atoms with Crippen LogP contribution in [0.15, 0.2) is 52.4 Å². The van der Waals surface area contributed by atoms with E-state index in [2.05, 4.69) is 12.2 Å². The molecule has 2 heterocycles. The van der Waals surface area contributed by atoms with Gasteiger partial charge in [0.1, 0.15) is 4.83 Å². The second-order valence-electron chi connectivity index (χ2n) is 10.2. The number of nitrogens with one attached hydrogen (secondary N) is 1. The monoisotopic (exact) mass is 566 g/mol. The lowest BCUT2D eigenvalue weighted by molar-refractivity contribution is -0.115. The first-order valence-corrected chi connectivity index (χ1v) is 14.8. The maximum atomic E-state index is 14.1. The van der Waals surface area contributed by atoms with E-state index in [-0.39, 0.29) is 11.5 Å². The van der Waals surface area contributed by atoms with Crippen LogP contribution in [0.25, 0.3) is 15.9 Å². The van der Waals surface area contributed by atoms with E-state index < -0.39 is 5.25 Å². The molecule has 0 fully saturated rings. The number of aromatic nitrogens is 2. The van der Waals surface area contributed by atoms with E-state index in [0.29, 0.717) is 27.2 Å². The van der Waals surface area contributed by atoms with Crippen LogP contribution < -0.4 is 15.8 Å². The van der Waals surface area contributed by atoms with Gasteiger partial charge in [-0.2, -0.15) is 0 Å². The first-order chi connectivity index (χ1) is 18.1. The van der Waals surface area contributed by atoms with Gasteiger partial charge in [-0.15, -0.1) is 11.3 Å². The Kier molecular flexibility index (Phi) is 7.58. The van der Waals surface area contributed by atoms with Gasteiger partial charge in [-0.05, 0) is 86.6 Å². The fraction of sp³-hybridized carbons (Fsp3) is 0.345. The molecule has 38 heavy (non-hydrogen) atoms. The molecule has 1 aliphatic carbocycles. The van der Waals surface area contributed by atoms with Crippen molar-refractivity contribution in [2.24, 2.45) is 5.92 Å². The first-order valence-electron chi connectivity index (χ1n) is 12.7. The summed E-state index contributed by atoms with van der Waals surface area (Å²) in [4.78, 5) is 36.2. The summed E-state index contributed by atoms with van der Waals surface area (Å²) in [5.41, 5.74) is 4.39. The summed E-state index contributed by atoms with van der Waals surface area (Å²) in [6.07, 6.45) is 2.93. The summed E-state index contributed by atoms with van der Waals surface area (Å²) in [6, 6.07) is 13.3. The van der Waals surface area contributed by atoms with Gasteiger partial charge in [-0.25, -0.2) is 4.98 Å². The van der Waals surface area contributed by atoms with Crippen molar-refractivity contribution in [1.29, 1.82) is 0 Å². The summed E-state index contributed by atoms with van der Waals surface area (Å²) in [7, 11) is 3.95. The number of halogens is 1. The van der Waals surface area contributed by atoms with E-state index in [9.17, 15) is 9.59 Å². The van der Waals surface area contributed by atoms with Crippen molar-refractivity contribution in [3.8, 4) is 5.69 Å². The molecule has 198 valence electrons. The van der Waals surface area contributed by atoms with Gasteiger partial charge in [-0.3, -0.25) is 14.2 Å². The quantitative estimate of drug-likeness (QED) is 0.207. The fourth-order valence-electron chi connectivity index (χ4n) is 4.70. The number of amides is 1. The molecule has 2 atom stereocenters. The Morgan fingerprint density at radius 1 is 1.24 bits per heavy atom. The van der Waals surface area contributed by atoms with E-state index >= 15 is 0 Å². The number of thioether (sulfide) groups is 1. The topological polar surface area (TPSA) is 67.2 Å². The third-order valence-electron chi connectivity index (χ3n) is 7.01. The van der Waals surface area contributed by atoms with E-state index in [1.54, 1.807) is 22.0 Å². The fourth-order valence-corrected chi connectivity index (χ4v) is 7.22. The van der Waals surface area contributed by atoms with E-state index in [1.807, 2.05) is 69.2 Å². The molecular formula is C29H31ClN4O2S2. The standard InChI is InChI=1S/C29H31ClN4O2S2/c1-16-6-13-22-24(14-16)38-27-25(22)28(36)34(21-10-7-17(2)23(30)15-21)29(32-27)37-18(3)26(35)31-19-8-11-20(12-9-19)33(4)5/h7-12,15-16,18H,6,13-14H2,1-5H3,(H,31,35)/t16-,18+/m1/s1. The number of fused-ring (bicyclic) bond motifs is 3. The van der Waals surface area contributed by atoms with Gasteiger partial charge in [0.15, 0.2) is 5.16 Å². The van der Waals surface area contributed by atoms with Gasteiger partial charge in [0, 0.05) is 35.4 Å². The van der Waals surface area contributed by atoms with Crippen LogP contribution in [-0.2, 0) is 17.6 Å². The number of nitrogens with zero attached hydrogens (tertiary/aromatic N) is 3. The zero-order chi connectivity index (χ0) is 27.1. The third kappa shape index (κ3) is 5.22. The molecule has 2 aromatic heterocycles. The Balaban J connectivity index is 1.53. The van der Waals surface area contributed by atoms with Crippen molar-refractivity contribution in [3.05, 3.63) is 73.8 Å². The van der Waals surface area contributed by atoms with Gasteiger partial charge in [0.2, 0.25) is 5.91 Å². The number of rotatable bonds is 6. The van der Waals surface area contributed by atoms with Crippen LogP contribution in [0.2, 0.25) is 5.02 Å². The summed E-state index contributed by atoms with van der Waals surface area (Å²) in [5, 5.41) is 4.27. The number of hydrogen-bond acceptors (Lipinski definition) is 6. The molecule has 9 heteroatoms. The van der Waals surface area contributed by atoms with E-state index in [0.717, 1.165) is 46.6 Å². The SMILES string of the molecule is Cc1ccc(-n2c(S[C@@H](C)C(=O)Nc3ccc(N(C)C)cc3)nc3sc4c(c3c2=O)CC[C@@H](C)C4)cc1Cl. The van der Waals surface area contributed by atoms with Crippen LogP contribution >= 0.6 is 34.7 Å². The summed E-state index contributed by atoms with van der Waals surface area (Å²) < 4.78 is 1.62. The molecule has 0 aliphatic heterocycles. The second kappa shape index (κ2) is 10.8. The average Bonchev–Trinajstić information content (AvgIpc) is 3.23. The van der Waals surface area contributed by atoms with Gasteiger partial charge >= 0.3 is 0 Å². The molecule has 6 nitrogen and oxygen atoms in total. The van der Waals surface area contributed by atoms with Crippen LogP contribution in [0.3, 0.4) is 0 Å². The van der Waals surface area contributed by atoms with Crippen LogP contribution in [0.4, 0.5) is 11.4 Å². The normalized spacial score (nSPS) is 15.8. The predicted octanol–water partition coefficient (Wildman–Crippen LogP) is 6.72. The van der Waals surface area contributed by atoms with Crippen molar-refractivity contribution in [3.63, 3.8) is 0 Å². The highest BCUT2D eigenvalue weighted by molar-refractivity contribution is 8.00. The number of anilines is 2. The lowest BCUT2D eigenvalue weighted by Gasteiger charge is -2.18. The minimum Gasteiger partial charge on any atom is -0.378 e. The van der Waals surface area contributed by atoms with Crippen molar-refractivity contribution < 1.29 is 4.79 Å². The molecular weight excluding hydrogens is 536 g/mol. The molecule has 0 saturated carbocycles. The first kappa shape index (κ1) is 26.8. The third-order valence-corrected chi connectivity index (χ3v) is 9.62. The van der Waals surface area contributed by atoms with Crippen LogP contribution in [-0.4, -0.2) is 34.8 Å². The van der Waals surface area contributed by atoms with Gasteiger partial charge in [-0.1, -0.05) is 36.4 Å². The van der Waals surface area contributed by atoms with Crippen molar-refractivity contribution >= 4 is 62.2 Å². The van der Waals surface area contributed by atoms with Crippen LogP contribution in [0.5, 0.6) is 0 Å². The molecule has 2 aromatic carbocycles. The van der Waals surface area contributed by atoms with Gasteiger partial charge < -0.3 is 10.2 Å². The maximum Gasteiger partial charge on any atom is 0.267 e. The largest absolute Gasteiger partial charge is 0.378 e. The Morgan fingerprint density at radius 3 is 2.66 bits per heavy atom. The average molecular weight is 567 g/mol. The summed E-state index contributed by atoms with van der Waals surface area (Å²) in [5.74, 6) is 0.438. The smallest absolute Gasteiger partial charge is 0.267 e. The molecule has 5 rings (SSSR count). The highest BCUT2D eigenvalue weighted by atomic mass is 35.5. The number of benzene rings is 2. The minimum absolute atomic E-state index is 0.101. The number of thiophene rings is 1. The van der Waals surface area contributed by atoms with Crippen molar-refractivity contribution in [2.75, 3.05) is 24.3 Å². The molecule has 1 aliphatic rings. The van der Waals surface area contributed by atoms with Crippen molar-refractivity contribution in [2.45, 2.75) is 50.4 Å². The van der Waals surface area contributed by atoms with Gasteiger partial charge in [0.05, 0.1) is 16.3 Å². The molecule has 1 N–H and O–H groups in total. The summed E-state index contributed by atoms with van der Waals surface area (Å²) in [6.45, 7) is 6.01. The molecule has 0 bridgehead atoms. The molecule has 1 amide bonds. The number of carbonyl (C=O) groups excluding carboxylic acids is 1. The zero-order valence-corrected chi connectivity index (χ0v) is 24.6. The molecule has 0 saturated heterocycles. The maximum absolute atomic E-state index is 14.1. The zero-order valence-electron chi connectivity index (χ0n) is 22.2. The molecule has 0 spiro atoms. The summed E-state index contributed by atoms with van der Waals surface area (Å²) >= 11 is 9.36. The van der Waals surface area contributed by atoms with Crippen LogP contribution in [0.1, 0.15) is 36.3 Å². The van der Waals surface area contributed by atoms with E-state index in [4.69, 9.17) is 16.6 Å². The van der Waals surface area contributed by atoms with Crippen LogP contribution in [0, 0.1) is 12.8 Å². The van der Waals surface area contributed by atoms with Crippen molar-refractivity contribution in [1.82, 2.24) is 9.55 Å². The molecule has 4 aromatic rings. The lowest BCUT2D eigenvalue weighted by atomic mass is 9.89. The second-order valence-corrected chi connectivity index (χ2v) is 13.0. The van der Waals surface area contributed by atoms with Gasteiger partial charge in [0.25, 0.3) is 5.56 Å². The number of hydrogen-bond donors (Lipinski definition) is 1. The Labute approximate surface area is 236 Å². The molecule has 0 unspecified atom stereocenters. The Bertz CT molecular complexity index is 1580. The predicted molar refractivity (Wildman–Crippen MR) is 161 cm³/mol. The highest BCUT2D eigenvalue weighted by Crippen LogP contribution is 2.37. The van der Waals surface area contributed by atoms with E-state index in [1.165, 1.54) is 16.6 Å². The highest BCUT2D eigenvalue weighted by Gasteiger charge is 2.27. The molecule has 0 radical (unpaired) electrons. The Morgan fingerprint density at radius 2 is 1.97 bits per heavy atom. The lowest BCUT2D eigenvalue weighted by Crippen LogP contribution is -2.26. The minimum atomic E-state index is -0.491. The number of aryl methyl sites for hydroxylation is 2.